The Bertz CT molecular complexity index is 91.8. The van der Waals surface area contributed by atoms with E-state index in [1.807, 2.05) is 0 Å². The van der Waals surface area contributed by atoms with Crippen LogP contribution in [0.15, 0.2) is 0 Å². The summed E-state index contributed by atoms with van der Waals surface area (Å²) in [6, 6.07) is 0.300. The zero-order chi connectivity index (χ0) is 9.40. The van der Waals surface area contributed by atoms with Gasteiger partial charge in [-0.2, -0.15) is 0 Å². The summed E-state index contributed by atoms with van der Waals surface area (Å²) in [4.78, 5) is 0. The van der Waals surface area contributed by atoms with Gasteiger partial charge in [0, 0.05) is 6.04 Å². The molecule has 0 bridgehead atoms. The average molecular weight is 173 g/mol. The Morgan fingerprint density at radius 3 is 2.33 bits per heavy atom. The highest BCUT2D eigenvalue weighted by Gasteiger charge is 2.03. The van der Waals surface area contributed by atoms with E-state index in [1.165, 1.54) is 12.8 Å². The van der Waals surface area contributed by atoms with Gasteiger partial charge in [-0.3, -0.25) is 0 Å². The molecule has 0 aromatic heterocycles. The van der Waals surface area contributed by atoms with Crippen LogP contribution in [0.1, 0.15) is 40.0 Å². The van der Waals surface area contributed by atoms with Gasteiger partial charge in [0.2, 0.25) is 0 Å². The van der Waals surface area contributed by atoms with Crippen LogP contribution in [-0.2, 0) is 0 Å². The molecular formula is C10H23NO. The van der Waals surface area contributed by atoms with Crippen molar-refractivity contribution in [3.05, 3.63) is 0 Å². The number of hydrogen-bond donors (Lipinski definition) is 2. The van der Waals surface area contributed by atoms with Gasteiger partial charge in [0.15, 0.2) is 0 Å². The molecule has 0 aliphatic rings. The van der Waals surface area contributed by atoms with Gasteiger partial charge in [0.25, 0.3) is 0 Å². The van der Waals surface area contributed by atoms with E-state index in [1.54, 1.807) is 0 Å². The van der Waals surface area contributed by atoms with Gasteiger partial charge < -0.3 is 10.4 Å². The molecule has 0 aliphatic heterocycles. The standard InChI is InChI=1S/C10H23NO/c1-4-9(3)6-7-11-10(5-2)8-12/h9-12H,4-8H2,1-3H3/t9-,10+/m1/s1. The lowest BCUT2D eigenvalue weighted by molar-refractivity contribution is 0.237. The lowest BCUT2D eigenvalue weighted by atomic mass is 10.1. The first-order valence-corrected chi connectivity index (χ1v) is 5.08. The molecule has 0 aliphatic carbocycles. The lowest BCUT2D eigenvalue weighted by Gasteiger charge is -2.15. The van der Waals surface area contributed by atoms with E-state index >= 15 is 0 Å². The summed E-state index contributed by atoms with van der Waals surface area (Å²) in [6.45, 7) is 7.87. The molecule has 12 heavy (non-hydrogen) atoms. The van der Waals surface area contributed by atoms with E-state index < -0.39 is 0 Å². The molecule has 0 spiro atoms. The predicted octanol–water partition coefficient (Wildman–Crippen LogP) is 1.78. The maximum absolute atomic E-state index is 8.89. The van der Waals surface area contributed by atoms with Crippen molar-refractivity contribution >= 4 is 0 Å². The molecule has 0 rings (SSSR count). The Balaban J connectivity index is 3.28. The maximum Gasteiger partial charge on any atom is 0.0584 e. The molecule has 0 saturated carbocycles. The van der Waals surface area contributed by atoms with E-state index in [0.29, 0.717) is 6.04 Å². The predicted molar refractivity (Wildman–Crippen MR) is 53.2 cm³/mol. The van der Waals surface area contributed by atoms with Gasteiger partial charge in [-0.1, -0.05) is 27.2 Å². The van der Waals surface area contributed by atoms with Crippen molar-refractivity contribution in [3.8, 4) is 0 Å². The Morgan fingerprint density at radius 2 is 1.92 bits per heavy atom. The first kappa shape index (κ1) is 11.9. The highest BCUT2D eigenvalue weighted by molar-refractivity contribution is 4.63. The van der Waals surface area contributed by atoms with Crippen molar-refractivity contribution in [2.24, 2.45) is 5.92 Å². The van der Waals surface area contributed by atoms with E-state index in [4.69, 9.17) is 5.11 Å². The number of hydrogen-bond acceptors (Lipinski definition) is 2. The SMILES string of the molecule is CC[C@@H](C)CCN[C@@H](CC)CO. The molecule has 2 nitrogen and oxygen atoms in total. The molecule has 2 heteroatoms. The molecule has 0 radical (unpaired) electrons. The summed E-state index contributed by atoms with van der Waals surface area (Å²) < 4.78 is 0. The number of aliphatic hydroxyl groups excluding tert-OH is 1. The first-order valence-electron chi connectivity index (χ1n) is 5.08. The lowest BCUT2D eigenvalue weighted by Crippen LogP contribution is -2.33. The van der Waals surface area contributed by atoms with Crippen LogP contribution in [0.2, 0.25) is 0 Å². The molecule has 0 aromatic rings. The Hall–Kier alpha value is -0.0800. The van der Waals surface area contributed by atoms with Gasteiger partial charge in [0.1, 0.15) is 0 Å². The van der Waals surface area contributed by atoms with Gasteiger partial charge >= 0.3 is 0 Å². The first-order chi connectivity index (χ1) is 5.74. The van der Waals surface area contributed by atoms with Crippen molar-refractivity contribution < 1.29 is 5.11 Å². The molecule has 0 amide bonds. The summed E-state index contributed by atoms with van der Waals surface area (Å²) in [5, 5.41) is 12.2. The third-order valence-electron chi connectivity index (χ3n) is 2.48. The smallest absolute Gasteiger partial charge is 0.0584 e. The minimum atomic E-state index is 0.261. The normalized spacial score (nSPS) is 16.0. The van der Waals surface area contributed by atoms with Gasteiger partial charge in [-0.15, -0.1) is 0 Å². The highest BCUT2D eigenvalue weighted by Crippen LogP contribution is 2.04. The van der Waals surface area contributed by atoms with Crippen LogP contribution in [0, 0.1) is 5.92 Å². The fourth-order valence-electron chi connectivity index (χ4n) is 1.08. The highest BCUT2D eigenvalue weighted by atomic mass is 16.3. The van der Waals surface area contributed by atoms with Crippen LogP contribution < -0.4 is 5.32 Å². The topological polar surface area (TPSA) is 32.3 Å². The van der Waals surface area contributed by atoms with E-state index in [2.05, 4.69) is 26.1 Å². The van der Waals surface area contributed by atoms with Gasteiger partial charge in [-0.05, 0) is 25.3 Å². The van der Waals surface area contributed by atoms with E-state index in [9.17, 15) is 0 Å². The molecule has 74 valence electrons. The second kappa shape index (κ2) is 7.56. The van der Waals surface area contributed by atoms with Crippen LogP contribution >= 0.6 is 0 Å². The Morgan fingerprint density at radius 1 is 1.25 bits per heavy atom. The second-order valence-corrected chi connectivity index (χ2v) is 3.54. The van der Waals surface area contributed by atoms with E-state index in [-0.39, 0.29) is 6.61 Å². The zero-order valence-electron chi connectivity index (χ0n) is 8.64. The van der Waals surface area contributed by atoms with Crippen LogP contribution in [-0.4, -0.2) is 24.3 Å². The molecule has 2 atom stereocenters. The zero-order valence-corrected chi connectivity index (χ0v) is 8.64. The van der Waals surface area contributed by atoms with Crippen molar-refractivity contribution in [2.75, 3.05) is 13.2 Å². The summed E-state index contributed by atoms with van der Waals surface area (Å²) in [5.74, 6) is 0.800. The monoisotopic (exact) mass is 173 g/mol. The molecular weight excluding hydrogens is 150 g/mol. The van der Waals surface area contributed by atoms with Crippen molar-refractivity contribution in [2.45, 2.75) is 46.1 Å². The second-order valence-electron chi connectivity index (χ2n) is 3.54. The number of rotatable bonds is 7. The minimum absolute atomic E-state index is 0.261. The molecule has 0 aromatic carbocycles. The molecule has 2 N–H and O–H groups in total. The number of aliphatic hydroxyl groups is 1. The van der Waals surface area contributed by atoms with Crippen LogP contribution in [0.3, 0.4) is 0 Å². The maximum atomic E-state index is 8.89. The van der Waals surface area contributed by atoms with Gasteiger partial charge in [0.05, 0.1) is 6.61 Å². The fraction of sp³-hybridized carbons (Fsp3) is 1.00. The van der Waals surface area contributed by atoms with Crippen molar-refractivity contribution in [3.63, 3.8) is 0 Å². The third kappa shape index (κ3) is 5.56. The minimum Gasteiger partial charge on any atom is -0.395 e. The van der Waals surface area contributed by atoms with Gasteiger partial charge in [-0.25, -0.2) is 0 Å². The summed E-state index contributed by atoms with van der Waals surface area (Å²) in [6.07, 6.45) is 3.47. The summed E-state index contributed by atoms with van der Waals surface area (Å²) in [7, 11) is 0. The molecule has 0 heterocycles. The summed E-state index contributed by atoms with van der Waals surface area (Å²) >= 11 is 0. The average Bonchev–Trinajstić information content (AvgIpc) is 2.12. The summed E-state index contributed by atoms with van der Waals surface area (Å²) in [5.41, 5.74) is 0. The van der Waals surface area contributed by atoms with Crippen LogP contribution in [0.4, 0.5) is 0 Å². The van der Waals surface area contributed by atoms with Crippen molar-refractivity contribution in [1.82, 2.24) is 5.32 Å². The number of nitrogens with one attached hydrogen (secondary N) is 1. The molecule has 0 fully saturated rings. The van der Waals surface area contributed by atoms with Crippen LogP contribution in [0.25, 0.3) is 0 Å². The fourth-order valence-corrected chi connectivity index (χ4v) is 1.08. The van der Waals surface area contributed by atoms with E-state index in [0.717, 1.165) is 18.9 Å². The Labute approximate surface area is 76.4 Å². The quantitative estimate of drug-likeness (QED) is 0.615. The molecule has 0 unspecified atom stereocenters. The molecule has 0 saturated heterocycles. The van der Waals surface area contributed by atoms with Crippen molar-refractivity contribution in [1.29, 1.82) is 0 Å². The largest absolute Gasteiger partial charge is 0.395 e. The van der Waals surface area contributed by atoms with Crippen LogP contribution in [0.5, 0.6) is 0 Å². The third-order valence-corrected chi connectivity index (χ3v) is 2.48. The Kier molecular flexibility index (Phi) is 7.51.